The molecule has 0 aliphatic rings. The summed E-state index contributed by atoms with van der Waals surface area (Å²) in [4.78, 5) is 10.9. The molecular weight excluding hydrogens is 472 g/mol. The fourth-order valence-electron chi connectivity index (χ4n) is 5.20. The summed E-state index contributed by atoms with van der Waals surface area (Å²) in [6, 6.07) is 0. The Morgan fingerprint density at radius 1 is 0.359 bits per heavy atom. The highest BCUT2D eigenvalue weighted by Crippen LogP contribution is 2.13. The van der Waals surface area contributed by atoms with Gasteiger partial charge in [-0.25, -0.2) is 0 Å². The third kappa shape index (κ3) is 36.9. The van der Waals surface area contributed by atoms with Gasteiger partial charge < -0.3 is 4.79 Å². The monoisotopic (exact) mass is 543 g/mol. The predicted molar refractivity (Wildman–Crippen MR) is 178 cm³/mol. The average molecular weight is 543 g/mol. The van der Waals surface area contributed by atoms with Gasteiger partial charge in [-0.05, 0) is 90.4 Å². The van der Waals surface area contributed by atoms with Crippen LogP contribution in [0.5, 0.6) is 0 Å². The fourth-order valence-corrected chi connectivity index (χ4v) is 5.20. The first-order valence-corrected chi connectivity index (χ1v) is 17.7. The Bertz CT molecular complexity index is 555. The minimum atomic E-state index is 0.328. The second-order valence-corrected chi connectivity index (χ2v) is 12.0. The van der Waals surface area contributed by atoms with Crippen LogP contribution in [0.3, 0.4) is 0 Å². The van der Waals surface area contributed by atoms with Crippen molar-refractivity contribution in [2.75, 3.05) is 0 Å². The molecule has 0 amide bonds. The molecule has 0 saturated carbocycles. The molecule has 0 unspecified atom stereocenters. The average Bonchev–Trinajstić information content (AvgIpc) is 2.93. The summed E-state index contributed by atoms with van der Waals surface area (Å²) in [5, 5.41) is 0. The van der Waals surface area contributed by atoms with Crippen molar-refractivity contribution in [2.24, 2.45) is 0 Å². The van der Waals surface area contributed by atoms with Crippen LogP contribution in [0, 0.1) is 0 Å². The van der Waals surface area contributed by atoms with Gasteiger partial charge in [0.2, 0.25) is 0 Å². The molecule has 0 atom stereocenters. The summed E-state index contributed by atoms with van der Waals surface area (Å²) in [6.07, 6.45) is 53.0. The van der Waals surface area contributed by atoms with Crippen LogP contribution in [0.25, 0.3) is 0 Å². The van der Waals surface area contributed by atoms with E-state index in [0.29, 0.717) is 5.78 Å². The molecule has 39 heavy (non-hydrogen) atoms. The summed E-state index contributed by atoms with van der Waals surface area (Å²) < 4.78 is 0. The van der Waals surface area contributed by atoms with Gasteiger partial charge in [-0.1, -0.05) is 140 Å². The molecule has 1 heteroatoms. The first-order valence-electron chi connectivity index (χ1n) is 17.7. The van der Waals surface area contributed by atoms with Crippen molar-refractivity contribution >= 4 is 5.78 Å². The second-order valence-electron chi connectivity index (χ2n) is 12.0. The molecule has 0 heterocycles. The molecule has 0 spiro atoms. The lowest BCUT2D eigenvalue weighted by atomic mass is 10.0. The number of ketones is 1. The van der Waals surface area contributed by atoms with E-state index >= 15 is 0 Å². The molecule has 0 aromatic heterocycles. The van der Waals surface area contributed by atoms with Crippen LogP contribution in [0.2, 0.25) is 0 Å². The van der Waals surface area contributed by atoms with Crippen molar-refractivity contribution < 1.29 is 4.79 Å². The molecule has 0 radical (unpaired) electrons. The van der Waals surface area contributed by atoms with E-state index in [0.717, 1.165) is 12.8 Å². The molecule has 0 fully saturated rings. The van der Waals surface area contributed by atoms with Crippen LogP contribution in [0.4, 0.5) is 0 Å². The predicted octanol–water partition coefficient (Wildman–Crippen LogP) is 13.6. The van der Waals surface area contributed by atoms with Crippen molar-refractivity contribution in [2.45, 2.75) is 200 Å². The quantitative estimate of drug-likeness (QED) is 0.0610. The van der Waals surface area contributed by atoms with Gasteiger partial charge in [0.05, 0.1) is 0 Å². The van der Waals surface area contributed by atoms with Gasteiger partial charge in [-0.3, -0.25) is 0 Å². The molecule has 0 N–H and O–H groups in total. The van der Waals surface area contributed by atoms with Gasteiger partial charge in [-0.2, -0.15) is 0 Å². The van der Waals surface area contributed by atoms with Crippen LogP contribution < -0.4 is 0 Å². The number of rotatable bonds is 32. The van der Waals surface area contributed by atoms with Gasteiger partial charge >= 0.3 is 0 Å². The number of hydrogen-bond acceptors (Lipinski definition) is 1. The lowest BCUT2D eigenvalue weighted by Crippen LogP contribution is -1.88. The molecule has 0 aliphatic heterocycles. The van der Waals surface area contributed by atoms with Crippen LogP contribution in [0.15, 0.2) is 36.5 Å². The molecule has 0 aliphatic carbocycles. The summed E-state index contributed by atoms with van der Waals surface area (Å²) in [7, 11) is 0. The number of Topliss-reactive ketones (excluding diaryl/α,β-unsaturated/α-hetero) is 1. The molecule has 0 rings (SSSR count). The standard InChI is InChI=1S/C38H70O/c1-3-4-5-6-7-8-9-10-11-12-13-14-15-16-17-18-19-20-21-22-23-24-25-26-27-28-29-30-31-32-33-34-35-36-37-38(2)39/h17-18,24-25,31-32H,3-16,19-23,26-30,33-37H2,1-2H3/b18-17+,25-24+,32-31?. The van der Waals surface area contributed by atoms with Gasteiger partial charge in [0, 0.05) is 6.42 Å². The molecule has 0 aromatic carbocycles. The van der Waals surface area contributed by atoms with Gasteiger partial charge in [0.25, 0.3) is 0 Å². The van der Waals surface area contributed by atoms with Crippen molar-refractivity contribution in [1.82, 2.24) is 0 Å². The van der Waals surface area contributed by atoms with Gasteiger partial charge in [0.15, 0.2) is 0 Å². The first-order chi connectivity index (χ1) is 19.3. The lowest BCUT2D eigenvalue weighted by molar-refractivity contribution is -0.117. The summed E-state index contributed by atoms with van der Waals surface area (Å²) in [6.45, 7) is 3.99. The van der Waals surface area contributed by atoms with Crippen LogP contribution in [0.1, 0.15) is 200 Å². The third-order valence-corrected chi connectivity index (χ3v) is 7.86. The van der Waals surface area contributed by atoms with E-state index in [1.165, 1.54) is 173 Å². The van der Waals surface area contributed by atoms with Crippen molar-refractivity contribution in [3.63, 3.8) is 0 Å². The Balaban J connectivity index is 3.19. The van der Waals surface area contributed by atoms with E-state index in [-0.39, 0.29) is 0 Å². The van der Waals surface area contributed by atoms with E-state index in [4.69, 9.17) is 0 Å². The Hall–Kier alpha value is -1.11. The fraction of sp³-hybridized carbons (Fsp3) is 0.816. The molecule has 228 valence electrons. The highest BCUT2D eigenvalue weighted by molar-refractivity contribution is 5.75. The topological polar surface area (TPSA) is 17.1 Å². The smallest absolute Gasteiger partial charge is 0.129 e. The maximum atomic E-state index is 10.9. The maximum Gasteiger partial charge on any atom is 0.129 e. The van der Waals surface area contributed by atoms with E-state index in [1.807, 2.05) is 0 Å². The molecule has 0 bridgehead atoms. The molecule has 1 nitrogen and oxygen atoms in total. The Kier molecular flexibility index (Phi) is 33.9. The zero-order valence-electron chi connectivity index (χ0n) is 26.9. The number of hydrogen-bond donors (Lipinski definition) is 0. The van der Waals surface area contributed by atoms with E-state index in [1.54, 1.807) is 6.92 Å². The van der Waals surface area contributed by atoms with Crippen LogP contribution in [-0.4, -0.2) is 5.78 Å². The SMILES string of the molecule is CCCCCCCCCCCCCCC/C=C/CCCCC/C=C/CCCCCC=CCCCCCC(C)=O. The Morgan fingerprint density at radius 3 is 0.872 bits per heavy atom. The highest BCUT2D eigenvalue weighted by atomic mass is 16.1. The van der Waals surface area contributed by atoms with E-state index in [2.05, 4.69) is 43.4 Å². The number of unbranched alkanes of at least 4 members (excludes halogenated alkanes) is 24. The maximum absolute atomic E-state index is 10.9. The zero-order chi connectivity index (χ0) is 28.3. The van der Waals surface area contributed by atoms with E-state index < -0.39 is 0 Å². The number of carbonyl (C=O) groups excluding carboxylic acids is 1. The normalized spacial score (nSPS) is 12.1. The Labute approximate surface area is 246 Å². The van der Waals surface area contributed by atoms with E-state index in [9.17, 15) is 4.79 Å². The van der Waals surface area contributed by atoms with Crippen LogP contribution >= 0.6 is 0 Å². The Morgan fingerprint density at radius 2 is 0.590 bits per heavy atom. The molecule has 0 saturated heterocycles. The van der Waals surface area contributed by atoms with Gasteiger partial charge in [0.1, 0.15) is 5.78 Å². The second kappa shape index (κ2) is 34.9. The highest BCUT2D eigenvalue weighted by Gasteiger charge is 1.94. The van der Waals surface area contributed by atoms with Gasteiger partial charge in [-0.15, -0.1) is 0 Å². The largest absolute Gasteiger partial charge is 0.300 e. The molecule has 0 aromatic rings. The minimum absolute atomic E-state index is 0.328. The summed E-state index contributed by atoms with van der Waals surface area (Å²) >= 11 is 0. The third-order valence-electron chi connectivity index (χ3n) is 7.86. The zero-order valence-corrected chi connectivity index (χ0v) is 26.9. The number of allylic oxidation sites excluding steroid dienone is 6. The molecular formula is C38H70O. The first kappa shape index (κ1) is 37.9. The van der Waals surface area contributed by atoms with Crippen molar-refractivity contribution in [3.05, 3.63) is 36.5 Å². The minimum Gasteiger partial charge on any atom is -0.300 e. The summed E-state index contributed by atoms with van der Waals surface area (Å²) in [5.74, 6) is 0.328. The lowest BCUT2D eigenvalue weighted by Gasteiger charge is -2.02. The summed E-state index contributed by atoms with van der Waals surface area (Å²) in [5.41, 5.74) is 0. The van der Waals surface area contributed by atoms with Crippen molar-refractivity contribution in [3.8, 4) is 0 Å². The van der Waals surface area contributed by atoms with Crippen LogP contribution in [-0.2, 0) is 4.79 Å². The van der Waals surface area contributed by atoms with Crippen molar-refractivity contribution in [1.29, 1.82) is 0 Å². The number of carbonyl (C=O) groups is 1.